The first-order valence-corrected chi connectivity index (χ1v) is 4.58. The van der Waals surface area contributed by atoms with E-state index in [1.54, 1.807) is 12.1 Å². The normalized spacial score (nSPS) is 13.9. The Morgan fingerprint density at radius 1 is 1.47 bits per heavy atom. The molecule has 0 spiro atoms. The number of carboxylic acids is 1. The highest BCUT2D eigenvalue weighted by Crippen LogP contribution is 2.11. The molecule has 1 rings (SSSR count). The number of hydrogen-bond acceptors (Lipinski definition) is 3. The van der Waals surface area contributed by atoms with Crippen LogP contribution in [0.5, 0.6) is 0 Å². The summed E-state index contributed by atoms with van der Waals surface area (Å²) in [5.41, 5.74) is 0.771. The molecule has 0 bridgehead atoms. The van der Waals surface area contributed by atoms with Gasteiger partial charge in [-0.3, -0.25) is 10.1 Å². The van der Waals surface area contributed by atoms with Crippen LogP contribution < -0.4 is 5.32 Å². The van der Waals surface area contributed by atoms with Gasteiger partial charge in [0, 0.05) is 0 Å². The highest BCUT2D eigenvalue weighted by molar-refractivity contribution is 5.73. The third kappa shape index (κ3) is 3.08. The smallest absolute Gasteiger partial charge is 0.320 e. The van der Waals surface area contributed by atoms with Gasteiger partial charge in [-0.1, -0.05) is 30.3 Å². The molecule has 0 heterocycles. The van der Waals surface area contributed by atoms with Crippen molar-refractivity contribution in [1.29, 1.82) is 5.26 Å². The average Bonchev–Trinajstić information content (AvgIpc) is 2.26. The number of rotatable bonds is 4. The van der Waals surface area contributed by atoms with Crippen molar-refractivity contribution in [2.24, 2.45) is 0 Å². The van der Waals surface area contributed by atoms with Crippen LogP contribution in [-0.4, -0.2) is 17.1 Å². The van der Waals surface area contributed by atoms with Crippen LogP contribution in [0.3, 0.4) is 0 Å². The van der Waals surface area contributed by atoms with E-state index < -0.39 is 18.1 Å². The molecular weight excluding hydrogens is 192 g/mol. The number of nitrogens with zero attached hydrogens (tertiary/aromatic N) is 1. The summed E-state index contributed by atoms with van der Waals surface area (Å²) in [6.45, 7) is 1.51. The topological polar surface area (TPSA) is 73.1 Å². The summed E-state index contributed by atoms with van der Waals surface area (Å²) in [5, 5.41) is 20.3. The lowest BCUT2D eigenvalue weighted by molar-refractivity contribution is -0.139. The van der Waals surface area contributed by atoms with Crippen LogP contribution in [0.1, 0.15) is 18.5 Å². The number of hydrogen-bond donors (Lipinski definition) is 2. The molecule has 0 aliphatic carbocycles. The first-order valence-electron chi connectivity index (χ1n) is 4.58. The predicted octanol–water partition coefficient (Wildman–Crippen LogP) is 1.31. The SMILES string of the molecule is C[C@H](NC(C#N)c1ccccc1)C(=O)O. The molecule has 0 aliphatic rings. The zero-order chi connectivity index (χ0) is 11.3. The van der Waals surface area contributed by atoms with E-state index in [4.69, 9.17) is 10.4 Å². The molecule has 15 heavy (non-hydrogen) atoms. The number of carbonyl (C=O) groups is 1. The fourth-order valence-corrected chi connectivity index (χ4v) is 1.17. The summed E-state index contributed by atoms with van der Waals surface area (Å²) < 4.78 is 0. The first kappa shape index (κ1) is 11.2. The van der Waals surface area contributed by atoms with Gasteiger partial charge in [-0.2, -0.15) is 5.26 Å². The van der Waals surface area contributed by atoms with Crippen molar-refractivity contribution in [2.75, 3.05) is 0 Å². The van der Waals surface area contributed by atoms with Gasteiger partial charge in [0.2, 0.25) is 0 Å². The van der Waals surface area contributed by atoms with Crippen molar-refractivity contribution in [3.05, 3.63) is 35.9 Å². The number of nitriles is 1. The standard InChI is InChI=1S/C11H12N2O2/c1-8(11(14)15)13-10(7-12)9-5-3-2-4-6-9/h2-6,8,10,13H,1H3,(H,14,15)/t8-,10?/m0/s1. The van der Waals surface area contributed by atoms with E-state index in [2.05, 4.69) is 5.32 Å². The van der Waals surface area contributed by atoms with Crippen LogP contribution in [-0.2, 0) is 4.79 Å². The fourth-order valence-electron chi connectivity index (χ4n) is 1.17. The number of nitrogens with one attached hydrogen (secondary N) is 1. The lowest BCUT2D eigenvalue weighted by Gasteiger charge is -2.14. The van der Waals surface area contributed by atoms with Gasteiger partial charge in [-0.05, 0) is 12.5 Å². The maximum absolute atomic E-state index is 10.6. The quantitative estimate of drug-likeness (QED) is 0.775. The molecule has 4 nitrogen and oxygen atoms in total. The monoisotopic (exact) mass is 204 g/mol. The summed E-state index contributed by atoms with van der Waals surface area (Å²) in [5.74, 6) is -0.966. The van der Waals surface area contributed by atoms with Gasteiger partial charge in [-0.25, -0.2) is 0 Å². The summed E-state index contributed by atoms with van der Waals surface area (Å²) in [4.78, 5) is 10.6. The van der Waals surface area contributed by atoms with E-state index in [-0.39, 0.29) is 0 Å². The lowest BCUT2D eigenvalue weighted by Crippen LogP contribution is -2.36. The van der Waals surface area contributed by atoms with Crippen molar-refractivity contribution in [3.63, 3.8) is 0 Å². The van der Waals surface area contributed by atoms with E-state index in [1.807, 2.05) is 24.3 Å². The van der Waals surface area contributed by atoms with Gasteiger partial charge in [0.05, 0.1) is 6.07 Å². The number of carboxylic acid groups (broad SMARTS) is 1. The Bertz CT molecular complexity index is 370. The second-order valence-corrected chi connectivity index (χ2v) is 3.20. The molecule has 0 amide bonds. The predicted molar refractivity (Wildman–Crippen MR) is 55.0 cm³/mol. The van der Waals surface area contributed by atoms with E-state index in [0.29, 0.717) is 0 Å². The second-order valence-electron chi connectivity index (χ2n) is 3.20. The largest absolute Gasteiger partial charge is 0.480 e. The molecule has 0 aromatic heterocycles. The minimum absolute atomic E-state index is 0.586. The Morgan fingerprint density at radius 3 is 2.53 bits per heavy atom. The van der Waals surface area contributed by atoms with Crippen molar-refractivity contribution in [1.82, 2.24) is 5.32 Å². The molecule has 0 aliphatic heterocycles. The molecule has 2 N–H and O–H groups in total. The van der Waals surface area contributed by atoms with Crippen molar-refractivity contribution >= 4 is 5.97 Å². The molecule has 78 valence electrons. The molecule has 2 atom stereocenters. The Kier molecular flexibility index (Phi) is 3.83. The van der Waals surface area contributed by atoms with Gasteiger partial charge in [0.1, 0.15) is 12.1 Å². The molecule has 1 aromatic rings. The first-order chi connectivity index (χ1) is 7.15. The Labute approximate surface area is 88.2 Å². The Balaban J connectivity index is 2.75. The van der Waals surface area contributed by atoms with E-state index in [9.17, 15) is 4.79 Å². The van der Waals surface area contributed by atoms with Crippen LogP contribution in [0.25, 0.3) is 0 Å². The molecule has 1 unspecified atom stereocenters. The van der Waals surface area contributed by atoms with Gasteiger partial charge >= 0.3 is 5.97 Å². The van der Waals surface area contributed by atoms with Crippen LogP contribution in [0.4, 0.5) is 0 Å². The number of benzene rings is 1. The minimum atomic E-state index is -0.966. The fraction of sp³-hybridized carbons (Fsp3) is 0.273. The van der Waals surface area contributed by atoms with Crippen LogP contribution in [0.2, 0.25) is 0 Å². The number of aliphatic carboxylic acids is 1. The van der Waals surface area contributed by atoms with Crippen molar-refractivity contribution in [2.45, 2.75) is 19.0 Å². The third-order valence-electron chi connectivity index (χ3n) is 2.05. The summed E-state index contributed by atoms with van der Waals surface area (Å²) in [7, 11) is 0. The molecule has 1 aromatic carbocycles. The van der Waals surface area contributed by atoms with Gasteiger partial charge < -0.3 is 5.11 Å². The van der Waals surface area contributed by atoms with Gasteiger partial charge in [0.15, 0.2) is 0 Å². The zero-order valence-electron chi connectivity index (χ0n) is 8.34. The van der Waals surface area contributed by atoms with Crippen LogP contribution >= 0.6 is 0 Å². The van der Waals surface area contributed by atoms with Gasteiger partial charge in [0.25, 0.3) is 0 Å². The second kappa shape index (κ2) is 5.13. The molecule has 4 heteroatoms. The maximum atomic E-state index is 10.6. The lowest BCUT2D eigenvalue weighted by atomic mass is 10.1. The zero-order valence-corrected chi connectivity index (χ0v) is 8.34. The minimum Gasteiger partial charge on any atom is -0.480 e. The van der Waals surface area contributed by atoms with E-state index in [1.165, 1.54) is 6.92 Å². The molecule has 0 saturated carbocycles. The summed E-state index contributed by atoms with van der Waals surface area (Å²) in [6.07, 6.45) is 0. The summed E-state index contributed by atoms with van der Waals surface area (Å²) in [6, 6.07) is 9.75. The van der Waals surface area contributed by atoms with Crippen molar-refractivity contribution in [3.8, 4) is 6.07 Å². The Morgan fingerprint density at radius 2 is 2.07 bits per heavy atom. The molecule has 0 fully saturated rings. The maximum Gasteiger partial charge on any atom is 0.320 e. The van der Waals surface area contributed by atoms with Gasteiger partial charge in [-0.15, -0.1) is 0 Å². The Hall–Kier alpha value is -1.86. The highest BCUT2D eigenvalue weighted by atomic mass is 16.4. The molecule has 0 radical (unpaired) electrons. The van der Waals surface area contributed by atoms with Crippen molar-refractivity contribution < 1.29 is 9.90 Å². The molecule has 0 saturated heterocycles. The average molecular weight is 204 g/mol. The van der Waals surface area contributed by atoms with Crippen LogP contribution in [0.15, 0.2) is 30.3 Å². The molecular formula is C11H12N2O2. The highest BCUT2D eigenvalue weighted by Gasteiger charge is 2.17. The van der Waals surface area contributed by atoms with E-state index >= 15 is 0 Å². The van der Waals surface area contributed by atoms with Crippen LogP contribution in [0, 0.1) is 11.3 Å². The summed E-state index contributed by atoms with van der Waals surface area (Å²) >= 11 is 0. The van der Waals surface area contributed by atoms with E-state index in [0.717, 1.165) is 5.56 Å². The third-order valence-corrected chi connectivity index (χ3v) is 2.05.